The van der Waals surface area contributed by atoms with Crippen LogP contribution in [0, 0.1) is 0 Å². The smallest absolute Gasteiger partial charge is 0.253 e. The quantitative estimate of drug-likeness (QED) is 0.778. The molecule has 0 bridgehead atoms. The summed E-state index contributed by atoms with van der Waals surface area (Å²) in [5, 5.41) is 1.89. The van der Waals surface area contributed by atoms with Crippen LogP contribution in [0.3, 0.4) is 0 Å². The second-order valence-corrected chi connectivity index (χ2v) is 7.36. The number of amides is 2. The van der Waals surface area contributed by atoms with Gasteiger partial charge in [0.05, 0.1) is 11.2 Å². The van der Waals surface area contributed by atoms with E-state index in [4.69, 9.17) is 0 Å². The minimum atomic E-state index is -0.0358. The lowest BCUT2D eigenvalue weighted by molar-refractivity contribution is -0.127. The summed E-state index contributed by atoms with van der Waals surface area (Å²) in [5.41, 5.74) is 4.46. The van der Waals surface area contributed by atoms with E-state index in [0.717, 1.165) is 5.69 Å². The molecule has 1 saturated heterocycles. The third kappa shape index (κ3) is 4.38. The van der Waals surface area contributed by atoms with Crippen LogP contribution in [0.5, 0.6) is 0 Å². The van der Waals surface area contributed by atoms with Gasteiger partial charge in [0.2, 0.25) is 5.91 Å². The summed E-state index contributed by atoms with van der Waals surface area (Å²) in [6, 6.07) is 7.82. The Labute approximate surface area is 158 Å². The fraction of sp³-hybridized carbons (Fsp3) is 0.350. The molecule has 136 valence electrons. The highest BCUT2D eigenvalue weighted by atomic mass is 32.1. The van der Waals surface area contributed by atoms with Gasteiger partial charge in [0.1, 0.15) is 0 Å². The Balaban J connectivity index is 1.54. The van der Waals surface area contributed by atoms with Crippen LogP contribution in [0.25, 0.3) is 6.08 Å². The van der Waals surface area contributed by atoms with E-state index in [2.05, 4.69) is 18.8 Å². The van der Waals surface area contributed by atoms with Crippen molar-refractivity contribution in [3.8, 4) is 0 Å². The van der Waals surface area contributed by atoms with Gasteiger partial charge in [-0.3, -0.25) is 9.59 Å². The summed E-state index contributed by atoms with van der Waals surface area (Å²) in [7, 11) is 0. The highest BCUT2D eigenvalue weighted by Crippen LogP contribution is 2.16. The molecule has 1 aliphatic heterocycles. The molecule has 5 nitrogen and oxygen atoms in total. The zero-order valence-corrected chi connectivity index (χ0v) is 15.9. The number of aromatic nitrogens is 1. The summed E-state index contributed by atoms with van der Waals surface area (Å²) in [6.07, 6.45) is 3.28. The van der Waals surface area contributed by atoms with E-state index in [0.29, 0.717) is 37.7 Å². The Bertz CT molecular complexity index is 774. The van der Waals surface area contributed by atoms with Crippen molar-refractivity contribution >= 4 is 29.2 Å². The van der Waals surface area contributed by atoms with Gasteiger partial charge < -0.3 is 9.80 Å². The molecule has 2 aromatic rings. The molecule has 0 saturated carbocycles. The van der Waals surface area contributed by atoms with E-state index in [-0.39, 0.29) is 11.8 Å². The Hall–Kier alpha value is -2.47. The first-order valence-corrected chi connectivity index (χ1v) is 9.73. The summed E-state index contributed by atoms with van der Waals surface area (Å²) >= 11 is 1.50. The number of hydrogen-bond donors (Lipinski definition) is 0. The van der Waals surface area contributed by atoms with Gasteiger partial charge in [-0.05, 0) is 29.7 Å². The van der Waals surface area contributed by atoms with Gasteiger partial charge in [0.15, 0.2) is 0 Å². The van der Waals surface area contributed by atoms with Gasteiger partial charge in [0, 0.05) is 43.2 Å². The molecule has 1 aliphatic rings. The van der Waals surface area contributed by atoms with Crippen molar-refractivity contribution in [3.63, 3.8) is 0 Å². The molecule has 3 rings (SSSR count). The monoisotopic (exact) mass is 369 g/mol. The molecule has 0 aliphatic carbocycles. The number of thiazole rings is 1. The maximum Gasteiger partial charge on any atom is 0.253 e. The topological polar surface area (TPSA) is 53.5 Å². The van der Waals surface area contributed by atoms with Crippen LogP contribution in [0.4, 0.5) is 0 Å². The van der Waals surface area contributed by atoms with Crippen LogP contribution in [-0.2, 0) is 4.79 Å². The summed E-state index contributed by atoms with van der Waals surface area (Å²) in [6.45, 7) is 6.49. The second kappa shape index (κ2) is 8.27. The van der Waals surface area contributed by atoms with E-state index >= 15 is 0 Å². The van der Waals surface area contributed by atoms with Crippen LogP contribution in [0.15, 0.2) is 41.2 Å². The Morgan fingerprint density at radius 3 is 2.31 bits per heavy atom. The minimum Gasteiger partial charge on any atom is -0.336 e. The standard InChI is InChI=1S/C20H23N3O2S/c1-15(2)16-3-5-17(6-4-16)20(25)23-11-9-22(10-12-23)19(24)8-7-18-13-26-14-21-18/h3-8,13-15H,9-12H2,1-2H3/b8-7+. The zero-order valence-electron chi connectivity index (χ0n) is 15.1. The van der Waals surface area contributed by atoms with E-state index in [9.17, 15) is 9.59 Å². The van der Waals surface area contributed by atoms with E-state index in [1.54, 1.807) is 22.6 Å². The Kier molecular flexibility index (Phi) is 5.83. The van der Waals surface area contributed by atoms with Crippen molar-refractivity contribution in [2.45, 2.75) is 19.8 Å². The lowest BCUT2D eigenvalue weighted by Gasteiger charge is -2.34. The molecule has 1 aromatic heterocycles. The maximum atomic E-state index is 12.6. The molecule has 1 aromatic carbocycles. The van der Waals surface area contributed by atoms with Crippen molar-refractivity contribution in [2.24, 2.45) is 0 Å². The number of nitrogens with zero attached hydrogens (tertiary/aromatic N) is 3. The molecule has 0 atom stereocenters. The first-order chi connectivity index (χ1) is 12.5. The molecule has 1 fully saturated rings. The van der Waals surface area contributed by atoms with Crippen molar-refractivity contribution < 1.29 is 9.59 Å². The first kappa shape index (κ1) is 18.3. The third-order valence-electron chi connectivity index (χ3n) is 4.55. The van der Waals surface area contributed by atoms with E-state index < -0.39 is 0 Å². The lowest BCUT2D eigenvalue weighted by atomic mass is 10.0. The molecule has 0 N–H and O–H groups in total. The van der Waals surface area contributed by atoms with Crippen molar-refractivity contribution in [2.75, 3.05) is 26.2 Å². The average molecular weight is 369 g/mol. The molecular formula is C20H23N3O2S. The number of benzene rings is 1. The van der Waals surface area contributed by atoms with Crippen LogP contribution in [-0.4, -0.2) is 52.8 Å². The fourth-order valence-corrected chi connectivity index (χ4v) is 3.41. The molecule has 0 spiro atoms. The SMILES string of the molecule is CC(C)c1ccc(C(=O)N2CCN(C(=O)/C=C/c3cscn3)CC2)cc1. The maximum absolute atomic E-state index is 12.6. The molecule has 0 radical (unpaired) electrons. The van der Waals surface area contributed by atoms with Crippen LogP contribution >= 0.6 is 11.3 Å². The zero-order chi connectivity index (χ0) is 18.5. The predicted molar refractivity (Wildman–Crippen MR) is 104 cm³/mol. The summed E-state index contributed by atoms with van der Waals surface area (Å²) in [4.78, 5) is 32.6. The van der Waals surface area contributed by atoms with Gasteiger partial charge in [-0.25, -0.2) is 4.98 Å². The number of rotatable bonds is 4. The minimum absolute atomic E-state index is 0.0328. The summed E-state index contributed by atoms with van der Waals surface area (Å²) in [5.74, 6) is 0.447. The highest BCUT2D eigenvalue weighted by Gasteiger charge is 2.23. The molecular weight excluding hydrogens is 346 g/mol. The van der Waals surface area contributed by atoms with Gasteiger partial charge in [-0.1, -0.05) is 26.0 Å². The van der Waals surface area contributed by atoms with E-state index in [1.165, 1.54) is 16.9 Å². The molecule has 26 heavy (non-hydrogen) atoms. The molecule has 0 unspecified atom stereocenters. The molecule has 2 heterocycles. The van der Waals surface area contributed by atoms with Gasteiger partial charge in [-0.15, -0.1) is 11.3 Å². The highest BCUT2D eigenvalue weighted by molar-refractivity contribution is 7.07. The van der Waals surface area contributed by atoms with Gasteiger partial charge in [0.25, 0.3) is 5.91 Å². The molecule has 2 amide bonds. The molecule has 6 heteroatoms. The number of carbonyl (C=O) groups is 2. The van der Waals surface area contributed by atoms with Crippen molar-refractivity contribution in [1.82, 2.24) is 14.8 Å². The number of piperazine rings is 1. The van der Waals surface area contributed by atoms with E-state index in [1.807, 2.05) is 34.5 Å². The Morgan fingerprint density at radius 2 is 1.73 bits per heavy atom. The Morgan fingerprint density at radius 1 is 1.08 bits per heavy atom. The van der Waals surface area contributed by atoms with Crippen molar-refractivity contribution in [1.29, 1.82) is 0 Å². The summed E-state index contributed by atoms with van der Waals surface area (Å²) < 4.78 is 0. The fourth-order valence-electron chi connectivity index (χ4n) is 2.89. The van der Waals surface area contributed by atoms with Crippen LogP contribution in [0.2, 0.25) is 0 Å². The van der Waals surface area contributed by atoms with Gasteiger partial charge >= 0.3 is 0 Å². The lowest BCUT2D eigenvalue weighted by Crippen LogP contribution is -2.50. The average Bonchev–Trinajstić information content (AvgIpc) is 3.19. The number of carbonyl (C=O) groups excluding carboxylic acids is 2. The van der Waals surface area contributed by atoms with Crippen LogP contribution in [0.1, 0.15) is 41.4 Å². The largest absolute Gasteiger partial charge is 0.336 e. The van der Waals surface area contributed by atoms with Gasteiger partial charge in [-0.2, -0.15) is 0 Å². The third-order valence-corrected chi connectivity index (χ3v) is 5.16. The van der Waals surface area contributed by atoms with Crippen molar-refractivity contribution in [3.05, 3.63) is 58.1 Å². The predicted octanol–water partition coefficient (Wildman–Crippen LogP) is 3.26. The first-order valence-electron chi connectivity index (χ1n) is 8.79. The number of hydrogen-bond acceptors (Lipinski definition) is 4. The normalized spacial score (nSPS) is 15.0. The van der Waals surface area contributed by atoms with Crippen LogP contribution < -0.4 is 0 Å². The second-order valence-electron chi connectivity index (χ2n) is 6.64.